The molecular weight excluding hydrogens is 220 g/mol. The molecule has 0 aliphatic heterocycles. The number of aromatic nitrogens is 2. The molecule has 0 spiro atoms. The van der Waals surface area contributed by atoms with Gasteiger partial charge in [0.25, 0.3) is 0 Å². The van der Waals surface area contributed by atoms with Crippen LogP contribution in [0.15, 0.2) is 6.33 Å². The molecular formula is C8H11ClN4O2. The van der Waals surface area contributed by atoms with Gasteiger partial charge in [-0.3, -0.25) is 4.79 Å². The Labute approximate surface area is 92.0 Å². The van der Waals surface area contributed by atoms with Crippen molar-refractivity contribution >= 4 is 23.3 Å². The number of nitrogens with zero attached hydrogens (tertiary/aromatic N) is 3. The molecule has 7 heteroatoms. The van der Waals surface area contributed by atoms with E-state index in [-0.39, 0.29) is 11.7 Å². The zero-order valence-corrected chi connectivity index (χ0v) is 9.15. The molecule has 0 fully saturated rings. The molecule has 0 radical (unpaired) electrons. The minimum Gasteiger partial charge on any atom is -0.490 e. The van der Waals surface area contributed by atoms with Gasteiger partial charge in [0.2, 0.25) is 5.91 Å². The number of rotatable bonds is 4. The number of primary amides is 1. The Morgan fingerprint density at radius 3 is 2.87 bits per heavy atom. The second kappa shape index (κ2) is 4.79. The fourth-order valence-corrected chi connectivity index (χ4v) is 1.31. The molecule has 1 heterocycles. The highest BCUT2D eigenvalue weighted by atomic mass is 35.5. The highest BCUT2D eigenvalue weighted by Gasteiger charge is 2.15. The van der Waals surface area contributed by atoms with Crippen molar-refractivity contribution in [2.45, 2.75) is 0 Å². The predicted molar refractivity (Wildman–Crippen MR) is 56.1 cm³/mol. The van der Waals surface area contributed by atoms with Gasteiger partial charge in [-0.05, 0) is 0 Å². The lowest BCUT2D eigenvalue weighted by Crippen LogP contribution is -2.31. The number of methoxy groups -OCH3 is 1. The summed E-state index contributed by atoms with van der Waals surface area (Å²) in [5.41, 5.74) is 5.06. The molecule has 1 aromatic rings. The fourth-order valence-electron chi connectivity index (χ4n) is 1.10. The Hall–Kier alpha value is -1.56. The highest BCUT2D eigenvalue weighted by molar-refractivity contribution is 6.31. The summed E-state index contributed by atoms with van der Waals surface area (Å²) in [6.45, 7) is 0.0315. The van der Waals surface area contributed by atoms with Crippen molar-refractivity contribution in [1.82, 2.24) is 9.97 Å². The lowest BCUT2D eigenvalue weighted by atomic mass is 10.4. The van der Waals surface area contributed by atoms with E-state index in [4.69, 9.17) is 22.1 Å². The predicted octanol–water partition coefficient (Wildman–Crippen LogP) is 0.0601. The second-order valence-electron chi connectivity index (χ2n) is 2.84. The molecule has 1 aromatic heterocycles. The lowest BCUT2D eigenvalue weighted by molar-refractivity contribution is -0.116. The summed E-state index contributed by atoms with van der Waals surface area (Å²) in [7, 11) is 3.11. The number of ether oxygens (including phenoxy) is 1. The van der Waals surface area contributed by atoms with Crippen LogP contribution >= 0.6 is 11.6 Å². The van der Waals surface area contributed by atoms with Crippen molar-refractivity contribution < 1.29 is 9.53 Å². The van der Waals surface area contributed by atoms with Crippen LogP contribution in [0.5, 0.6) is 5.75 Å². The number of hydrogen-bond donors (Lipinski definition) is 1. The average Bonchev–Trinajstić information content (AvgIpc) is 2.16. The summed E-state index contributed by atoms with van der Waals surface area (Å²) in [5.74, 6) is 0.286. The van der Waals surface area contributed by atoms with Crippen molar-refractivity contribution in [2.24, 2.45) is 5.73 Å². The Kier molecular flexibility index (Phi) is 3.68. The summed E-state index contributed by atoms with van der Waals surface area (Å²) in [4.78, 5) is 20.0. The number of anilines is 1. The molecule has 1 rings (SSSR count). The molecule has 0 saturated carbocycles. The van der Waals surface area contributed by atoms with Crippen LogP contribution in [0.25, 0.3) is 0 Å². The van der Waals surface area contributed by atoms with Crippen molar-refractivity contribution in [3.8, 4) is 5.75 Å². The van der Waals surface area contributed by atoms with Crippen molar-refractivity contribution in [3.63, 3.8) is 0 Å². The topological polar surface area (TPSA) is 81.3 Å². The maximum absolute atomic E-state index is 10.7. The van der Waals surface area contributed by atoms with Gasteiger partial charge in [-0.2, -0.15) is 0 Å². The normalized spacial score (nSPS) is 9.80. The van der Waals surface area contributed by atoms with Crippen molar-refractivity contribution in [1.29, 1.82) is 0 Å². The Morgan fingerprint density at radius 1 is 1.67 bits per heavy atom. The fraction of sp³-hybridized carbons (Fsp3) is 0.375. The van der Waals surface area contributed by atoms with Crippen LogP contribution in [-0.2, 0) is 4.79 Å². The summed E-state index contributed by atoms with van der Waals surface area (Å²) in [6, 6.07) is 0. The summed E-state index contributed by atoms with van der Waals surface area (Å²) in [5, 5.41) is 0.193. The van der Waals surface area contributed by atoms with Gasteiger partial charge < -0.3 is 15.4 Å². The van der Waals surface area contributed by atoms with Crippen LogP contribution in [-0.4, -0.2) is 36.6 Å². The Bertz CT molecular complexity index is 372. The number of hydrogen-bond acceptors (Lipinski definition) is 5. The molecule has 0 atom stereocenters. The molecule has 1 amide bonds. The van der Waals surface area contributed by atoms with E-state index < -0.39 is 5.91 Å². The number of likely N-dealkylation sites (N-methyl/N-ethyl adjacent to an activating group) is 1. The lowest BCUT2D eigenvalue weighted by Gasteiger charge is -2.18. The Balaban J connectivity index is 3.02. The number of carbonyl (C=O) groups excluding carboxylic acids is 1. The maximum atomic E-state index is 10.7. The monoisotopic (exact) mass is 230 g/mol. The zero-order valence-electron chi connectivity index (χ0n) is 8.40. The minimum absolute atomic E-state index is 0.0315. The molecule has 82 valence electrons. The highest BCUT2D eigenvalue weighted by Crippen LogP contribution is 2.30. The van der Waals surface area contributed by atoms with E-state index in [9.17, 15) is 4.79 Å². The summed E-state index contributed by atoms with van der Waals surface area (Å²) >= 11 is 5.79. The largest absolute Gasteiger partial charge is 0.490 e. The molecule has 15 heavy (non-hydrogen) atoms. The van der Waals surface area contributed by atoms with Gasteiger partial charge in [-0.1, -0.05) is 11.6 Å². The standard InChI is InChI=1S/C8H11ClN4O2/c1-13(3-5(10)14)8-6(15-2)7(9)11-4-12-8/h4H,3H2,1-2H3,(H2,10,14). The maximum Gasteiger partial charge on any atom is 0.236 e. The van der Waals surface area contributed by atoms with E-state index >= 15 is 0 Å². The van der Waals surface area contributed by atoms with Crippen LogP contribution in [0.3, 0.4) is 0 Å². The molecule has 0 aliphatic carbocycles. The van der Waals surface area contributed by atoms with Gasteiger partial charge in [0.05, 0.1) is 13.7 Å². The number of halogens is 1. The second-order valence-corrected chi connectivity index (χ2v) is 3.20. The van der Waals surface area contributed by atoms with E-state index in [1.807, 2.05) is 0 Å². The first-order chi connectivity index (χ1) is 7.06. The summed E-state index contributed by atoms with van der Waals surface area (Å²) in [6.07, 6.45) is 1.29. The molecule has 0 aromatic carbocycles. The molecule has 0 bridgehead atoms. The van der Waals surface area contributed by atoms with Crippen LogP contribution in [0.1, 0.15) is 0 Å². The van der Waals surface area contributed by atoms with Crippen LogP contribution in [0, 0.1) is 0 Å². The van der Waals surface area contributed by atoms with Gasteiger partial charge in [0.1, 0.15) is 6.33 Å². The third-order valence-electron chi connectivity index (χ3n) is 1.70. The smallest absolute Gasteiger partial charge is 0.236 e. The first kappa shape index (κ1) is 11.5. The first-order valence-electron chi connectivity index (χ1n) is 4.10. The van der Waals surface area contributed by atoms with Crippen LogP contribution in [0.4, 0.5) is 5.82 Å². The number of nitrogens with two attached hydrogens (primary N) is 1. The van der Waals surface area contributed by atoms with Crippen molar-refractivity contribution in [2.75, 3.05) is 25.6 Å². The van der Waals surface area contributed by atoms with E-state index in [2.05, 4.69) is 9.97 Å². The van der Waals surface area contributed by atoms with Gasteiger partial charge in [-0.15, -0.1) is 0 Å². The van der Waals surface area contributed by atoms with Gasteiger partial charge >= 0.3 is 0 Å². The molecule has 0 unspecified atom stereocenters. The number of amides is 1. The minimum atomic E-state index is -0.464. The third-order valence-corrected chi connectivity index (χ3v) is 1.97. The van der Waals surface area contributed by atoms with Crippen LogP contribution in [0.2, 0.25) is 5.15 Å². The molecule has 0 aliphatic rings. The van der Waals surface area contributed by atoms with Gasteiger partial charge in [0.15, 0.2) is 16.7 Å². The third kappa shape index (κ3) is 2.69. The SMILES string of the molecule is COc1c(Cl)ncnc1N(C)CC(N)=O. The quantitative estimate of drug-likeness (QED) is 0.740. The molecule has 6 nitrogen and oxygen atoms in total. The molecule has 2 N–H and O–H groups in total. The van der Waals surface area contributed by atoms with Gasteiger partial charge in [0, 0.05) is 7.05 Å². The number of carbonyl (C=O) groups is 1. The van der Waals surface area contributed by atoms with E-state index in [0.29, 0.717) is 11.6 Å². The van der Waals surface area contributed by atoms with E-state index in [1.54, 1.807) is 7.05 Å². The zero-order chi connectivity index (χ0) is 11.4. The van der Waals surface area contributed by atoms with E-state index in [0.717, 1.165) is 0 Å². The average molecular weight is 231 g/mol. The van der Waals surface area contributed by atoms with Gasteiger partial charge in [-0.25, -0.2) is 9.97 Å². The first-order valence-corrected chi connectivity index (χ1v) is 4.48. The van der Waals surface area contributed by atoms with Crippen molar-refractivity contribution in [3.05, 3.63) is 11.5 Å². The van der Waals surface area contributed by atoms with E-state index in [1.165, 1.54) is 18.3 Å². The summed E-state index contributed by atoms with van der Waals surface area (Å²) < 4.78 is 5.03. The van der Waals surface area contributed by atoms with Crippen LogP contribution < -0.4 is 15.4 Å². The Morgan fingerprint density at radius 2 is 2.33 bits per heavy atom. The molecule has 0 saturated heterocycles.